The van der Waals surface area contributed by atoms with Gasteiger partial charge in [-0.2, -0.15) is 0 Å². The van der Waals surface area contributed by atoms with Crippen molar-refractivity contribution >= 4 is 21.9 Å². The second kappa shape index (κ2) is 4.24. The number of nitrogens with one attached hydrogen (secondary N) is 1. The minimum Gasteiger partial charge on any atom is -0.481 e. The van der Waals surface area contributed by atoms with Gasteiger partial charge in [0.05, 0.1) is 17.8 Å². The number of carboxylic acid groups (broad SMARTS) is 1. The molecule has 1 aliphatic carbocycles. The monoisotopic (exact) mass is 306 g/mol. The summed E-state index contributed by atoms with van der Waals surface area (Å²) in [5.41, 5.74) is 1.96. The number of benzene rings is 1. The largest absolute Gasteiger partial charge is 0.481 e. The molecule has 0 bridgehead atoms. The molecule has 2 N–H and O–H groups in total. The lowest BCUT2D eigenvalue weighted by Gasteiger charge is -1.98. The highest BCUT2D eigenvalue weighted by molar-refractivity contribution is 9.10. The first-order valence-electron chi connectivity index (χ1n) is 5.69. The first kappa shape index (κ1) is 11.5. The number of aromatic amines is 1. The molecular weight excluding hydrogens is 296 g/mol. The van der Waals surface area contributed by atoms with Crippen LogP contribution in [0.25, 0.3) is 11.3 Å². The maximum atomic E-state index is 10.8. The van der Waals surface area contributed by atoms with E-state index in [1.807, 2.05) is 24.3 Å². The van der Waals surface area contributed by atoms with Gasteiger partial charge in [0, 0.05) is 16.0 Å². The summed E-state index contributed by atoms with van der Waals surface area (Å²) < 4.78 is 1.01. The van der Waals surface area contributed by atoms with Crippen molar-refractivity contribution in [1.82, 2.24) is 9.97 Å². The van der Waals surface area contributed by atoms with Crippen molar-refractivity contribution in [3.05, 3.63) is 40.8 Å². The molecule has 1 aliphatic rings. The molecule has 1 aromatic heterocycles. The number of H-pyrrole nitrogens is 1. The highest BCUT2D eigenvalue weighted by atomic mass is 79.9. The summed E-state index contributed by atoms with van der Waals surface area (Å²) >= 11 is 3.42. The number of hydrogen-bond donors (Lipinski definition) is 2. The molecular formula is C13H11BrN2O2. The van der Waals surface area contributed by atoms with E-state index in [4.69, 9.17) is 5.11 Å². The Morgan fingerprint density at radius 2 is 2.33 bits per heavy atom. The molecule has 5 heteroatoms. The van der Waals surface area contributed by atoms with Gasteiger partial charge in [-0.1, -0.05) is 28.1 Å². The topological polar surface area (TPSA) is 66.0 Å². The molecule has 92 valence electrons. The van der Waals surface area contributed by atoms with Gasteiger partial charge in [0.2, 0.25) is 0 Å². The third-order valence-electron chi connectivity index (χ3n) is 3.19. The van der Waals surface area contributed by atoms with Crippen LogP contribution in [-0.4, -0.2) is 21.0 Å². The van der Waals surface area contributed by atoms with Gasteiger partial charge in [0.15, 0.2) is 0 Å². The molecule has 2 unspecified atom stereocenters. The third-order valence-corrected chi connectivity index (χ3v) is 3.68. The fourth-order valence-electron chi connectivity index (χ4n) is 2.10. The van der Waals surface area contributed by atoms with Gasteiger partial charge in [0.25, 0.3) is 0 Å². The van der Waals surface area contributed by atoms with E-state index in [0.717, 1.165) is 21.6 Å². The highest BCUT2D eigenvalue weighted by Gasteiger charge is 2.46. The van der Waals surface area contributed by atoms with Crippen molar-refractivity contribution in [3.63, 3.8) is 0 Å². The average molecular weight is 307 g/mol. The Kier molecular flexibility index (Phi) is 2.70. The van der Waals surface area contributed by atoms with Crippen LogP contribution < -0.4 is 0 Å². The standard InChI is InChI=1S/C13H11BrN2O2/c14-8-3-1-2-7(4-8)11-6-15-12(16-11)9-5-10(9)13(17)18/h1-4,6,9-10H,5H2,(H,15,16)(H,17,18). The number of carboxylic acids is 1. The predicted molar refractivity (Wildman–Crippen MR) is 70.2 cm³/mol. The summed E-state index contributed by atoms with van der Waals surface area (Å²) in [6.07, 6.45) is 2.44. The van der Waals surface area contributed by atoms with Crippen LogP contribution in [0.5, 0.6) is 0 Å². The molecule has 0 amide bonds. The van der Waals surface area contributed by atoms with Gasteiger partial charge in [-0.15, -0.1) is 0 Å². The van der Waals surface area contributed by atoms with Crippen LogP contribution >= 0.6 is 15.9 Å². The zero-order valence-electron chi connectivity index (χ0n) is 9.43. The lowest BCUT2D eigenvalue weighted by atomic mass is 10.2. The van der Waals surface area contributed by atoms with Crippen LogP contribution in [0.1, 0.15) is 18.2 Å². The first-order valence-corrected chi connectivity index (χ1v) is 6.48. The van der Waals surface area contributed by atoms with Crippen LogP contribution in [0.3, 0.4) is 0 Å². The van der Waals surface area contributed by atoms with Gasteiger partial charge in [-0.05, 0) is 18.6 Å². The Morgan fingerprint density at radius 3 is 3.00 bits per heavy atom. The molecule has 0 spiro atoms. The van der Waals surface area contributed by atoms with Crippen molar-refractivity contribution in [2.24, 2.45) is 5.92 Å². The quantitative estimate of drug-likeness (QED) is 0.916. The summed E-state index contributed by atoms with van der Waals surface area (Å²) in [7, 11) is 0. The predicted octanol–water partition coefficient (Wildman–Crippen LogP) is 3.03. The summed E-state index contributed by atoms with van der Waals surface area (Å²) in [6.45, 7) is 0. The molecule has 2 aromatic rings. The minimum absolute atomic E-state index is 0.0448. The van der Waals surface area contributed by atoms with Gasteiger partial charge in [0.1, 0.15) is 5.82 Å². The van der Waals surface area contributed by atoms with Gasteiger partial charge < -0.3 is 10.1 Å². The molecule has 3 rings (SSSR count). The molecule has 1 fully saturated rings. The Balaban J connectivity index is 1.84. The van der Waals surface area contributed by atoms with Crippen molar-refractivity contribution < 1.29 is 9.90 Å². The van der Waals surface area contributed by atoms with E-state index in [0.29, 0.717) is 6.42 Å². The lowest BCUT2D eigenvalue weighted by Crippen LogP contribution is -1.99. The molecule has 1 aromatic carbocycles. The second-order valence-electron chi connectivity index (χ2n) is 4.48. The first-order chi connectivity index (χ1) is 8.65. The maximum absolute atomic E-state index is 10.8. The number of halogens is 1. The van der Waals surface area contributed by atoms with Gasteiger partial charge >= 0.3 is 5.97 Å². The van der Waals surface area contributed by atoms with E-state index in [-0.39, 0.29) is 11.8 Å². The van der Waals surface area contributed by atoms with Gasteiger partial charge in [-0.3, -0.25) is 4.79 Å². The fourth-order valence-corrected chi connectivity index (χ4v) is 2.50. The van der Waals surface area contributed by atoms with Crippen LogP contribution in [0.2, 0.25) is 0 Å². The molecule has 2 atom stereocenters. The zero-order chi connectivity index (χ0) is 12.7. The normalized spacial score (nSPS) is 21.8. The van der Waals surface area contributed by atoms with Crippen LogP contribution in [-0.2, 0) is 4.79 Å². The molecule has 1 heterocycles. The third kappa shape index (κ3) is 2.06. The van der Waals surface area contributed by atoms with Gasteiger partial charge in [-0.25, -0.2) is 4.98 Å². The fraction of sp³-hybridized carbons (Fsp3) is 0.231. The van der Waals surface area contributed by atoms with Crippen LogP contribution in [0.15, 0.2) is 34.9 Å². The summed E-state index contributed by atoms with van der Waals surface area (Å²) in [4.78, 5) is 18.3. The van der Waals surface area contributed by atoms with Crippen molar-refractivity contribution in [2.45, 2.75) is 12.3 Å². The Morgan fingerprint density at radius 1 is 1.50 bits per heavy atom. The highest BCUT2D eigenvalue weighted by Crippen LogP contribution is 2.46. The number of imidazole rings is 1. The summed E-state index contributed by atoms with van der Waals surface area (Å²) in [5.74, 6) is -0.187. The lowest BCUT2D eigenvalue weighted by molar-refractivity contribution is -0.138. The Hall–Kier alpha value is -1.62. The smallest absolute Gasteiger partial charge is 0.307 e. The van der Waals surface area contributed by atoms with E-state index in [1.165, 1.54) is 0 Å². The van der Waals surface area contributed by atoms with E-state index >= 15 is 0 Å². The number of nitrogens with zero attached hydrogens (tertiary/aromatic N) is 1. The van der Waals surface area contributed by atoms with Crippen molar-refractivity contribution in [1.29, 1.82) is 0 Å². The Labute approximate surface area is 112 Å². The van der Waals surface area contributed by atoms with E-state index in [1.54, 1.807) is 6.20 Å². The molecule has 18 heavy (non-hydrogen) atoms. The number of rotatable bonds is 3. The van der Waals surface area contributed by atoms with E-state index in [2.05, 4.69) is 25.9 Å². The second-order valence-corrected chi connectivity index (χ2v) is 5.40. The SMILES string of the molecule is O=C(O)C1CC1c1ncc(-c2cccc(Br)c2)[nH]1. The Bertz CT molecular complexity index is 609. The van der Waals surface area contributed by atoms with E-state index < -0.39 is 5.97 Å². The molecule has 4 nitrogen and oxygen atoms in total. The van der Waals surface area contributed by atoms with Crippen molar-refractivity contribution in [3.8, 4) is 11.3 Å². The molecule has 0 radical (unpaired) electrons. The zero-order valence-corrected chi connectivity index (χ0v) is 11.0. The molecule has 1 saturated carbocycles. The number of carbonyl (C=O) groups is 1. The summed E-state index contributed by atoms with van der Waals surface area (Å²) in [5, 5.41) is 8.90. The van der Waals surface area contributed by atoms with E-state index in [9.17, 15) is 4.79 Å². The maximum Gasteiger partial charge on any atom is 0.307 e. The summed E-state index contributed by atoms with van der Waals surface area (Å²) in [6, 6.07) is 7.90. The molecule has 0 saturated heterocycles. The minimum atomic E-state index is -0.736. The van der Waals surface area contributed by atoms with Crippen LogP contribution in [0, 0.1) is 5.92 Å². The number of hydrogen-bond acceptors (Lipinski definition) is 2. The van der Waals surface area contributed by atoms with Crippen molar-refractivity contribution in [2.75, 3.05) is 0 Å². The average Bonchev–Trinajstić information content (AvgIpc) is 3.00. The number of aromatic nitrogens is 2. The number of aliphatic carboxylic acids is 1. The van der Waals surface area contributed by atoms with Crippen LogP contribution in [0.4, 0.5) is 0 Å². The molecule has 0 aliphatic heterocycles.